The molecule has 1 N–H and O–H groups in total. The number of nitrogens with one attached hydrogen (secondary N) is 1. The van der Waals surface area contributed by atoms with E-state index in [1.807, 2.05) is 0 Å². The smallest absolute Gasteiger partial charge is 0.0700 e. The van der Waals surface area contributed by atoms with E-state index in [1.165, 1.54) is 45.2 Å². The Morgan fingerprint density at radius 3 is 3.06 bits per heavy atom. The Hall–Kier alpha value is -0.120. The summed E-state index contributed by atoms with van der Waals surface area (Å²) >= 11 is 0. The summed E-state index contributed by atoms with van der Waals surface area (Å²) in [5.41, 5.74) is 0. The molecule has 3 nitrogen and oxygen atoms in total. The molecule has 0 saturated carbocycles. The van der Waals surface area contributed by atoms with Crippen LogP contribution in [0.3, 0.4) is 0 Å². The molecule has 0 aromatic heterocycles. The van der Waals surface area contributed by atoms with Gasteiger partial charge < -0.3 is 10.1 Å². The molecule has 3 heteroatoms. The molecule has 2 atom stereocenters. The number of morpholine rings is 1. The van der Waals surface area contributed by atoms with E-state index < -0.39 is 0 Å². The minimum absolute atomic E-state index is 0.483. The predicted octanol–water partition coefficient (Wildman–Crippen LogP) is 2.02. The molecule has 17 heavy (non-hydrogen) atoms. The van der Waals surface area contributed by atoms with Crippen LogP contribution in [0.4, 0.5) is 0 Å². The van der Waals surface area contributed by atoms with Gasteiger partial charge in [-0.1, -0.05) is 13.3 Å². The van der Waals surface area contributed by atoms with Crippen molar-refractivity contribution in [3.05, 3.63) is 0 Å². The normalized spacial score (nSPS) is 31.6. The lowest BCUT2D eigenvalue weighted by Gasteiger charge is -2.33. The fourth-order valence-corrected chi connectivity index (χ4v) is 2.96. The van der Waals surface area contributed by atoms with E-state index in [4.69, 9.17) is 4.74 Å². The molecule has 2 unspecified atom stereocenters. The number of nitrogens with zero attached hydrogens (tertiary/aromatic N) is 1. The second-order valence-corrected chi connectivity index (χ2v) is 5.49. The average Bonchev–Trinajstić information content (AvgIpc) is 2.40. The first-order valence-corrected chi connectivity index (χ1v) is 7.46. The van der Waals surface area contributed by atoms with Crippen LogP contribution in [0.5, 0.6) is 0 Å². The predicted molar refractivity (Wildman–Crippen MR) is 71.3 cm³/mol. The molecule has 0 amide bonds. The fraction of sp³-hybridized carbons (Fsp3) is 1.00. The highest BCUT2D eigenvalue weighted by molar-refractivity contribution is 4.74. The highest BCUT2D eigenvalue weighted by Crippen LogP contribution is 2.13. The molecule has 2 saturated heterocycles. The van der Waals surface area contributed by atoms with Crippen molar-refractivity contribution in [1.29, 1.82) is 0 Å². The van der Waals surface area contributed by atoms with E-state index in [9.17, 15) is 0 Å². The van der Waals surface area contributed by atoms with Crippen molar-refractivity contribution in [3.63, 3.8) is 0 Å². The largest absolute Gasteiger partial charge is 0.376 e. The molecule has 100 valence electrons. The van der Waals surface area contributed by atoms with Gasteiger partial charge in [-0.15, -0.1) is 0 Å². The SMILES string of the molecule is CCC1CN(CCCC2CCCCN2)CCO1. The van der Waals surface area contributed by atoms with Crippen LogP contribution in [0.1, 0.15) is 45.4 Å². The zero-order valence-corrected chi connectivity index (χ0v) is 11.3. The van der Waals surface area contributed by atoms with Crippen molar-refractivity contribution in [1.82, 2.24) is 10.2 Å². The van der Waals surface area contributed by atoms with Gasteiger partial charge >= 0.3 is 0 Å². The minimum atomic E-state index is 0.483. The minimum Gasteiger partial charge on any atom is -0.376 e. The lowest BCUT2D eigenvalue weighted by molar-refractivity contribution is -0.0301. The maximum absolute atomic E-state index is 5.70. The van der Waals surface area contributed by atoms with E-state index >= 15 is 0 Å². The Bertz CT molecular complexity index is 204. The number of hydrogen-bond donors (Lipinski definition) is 1. The monoisotopic (exact) mass is 240 g/mol. The van der Waals surface area contributed by atoms with E-state index in [0.717, 1.165) is 32.2 Å². The lowest BCUT2D eigenvalue weighted by Crippen LogP contribution is -2.43. The van der Waals surface area contributed by atoms with Crippen LogP contribution >= 0.6 is 0 Å². The highest BCUT2D eigenvalue weighted by atomic mass is 16.5. The number of ether oxygens (including phenoxy) is 1. The van der Waals surface area contributed by atoms with Crippen LogP contribution in [0, 0.1) is 0 Å². The Balaban J connectivity index is 1.57. The van der Waals surface area contributed by atoms with Gasteiger partial charge in [0.1, 0.15) is 0 Å². The second kappa shape index (κ2) is 7.34. The third-order valence-corrected chi connectivity index (χ3v) is 4.12. The Labute approximate surface area is 106 Å². The van der Waals surface area contributed by atoms with Crippen LogP contribution in [0.25, 0.3) is 0 Å². The van der Waals surface area contributed by atoms with E-state index in [1.54, 1.807) is 0 Å². The van der Waals surface area contributed by atoms with E-state index in [2.05, 4.69) is 17.1 Å². The molecule has 0 spiro atoms. The maximum atomic E-state index is 5.70. The summed E-state index contributed by atoms with van der Waals surface area (Å²) in [7, 11) is 0. The van der Waals surface area contributed by atoms with E-state index in [0.29, 0.717) is 6.10 Å². The van der Waals surface area contributed by atoms with Gasteiger partial charge in [-0.2, -0.15) is 0 Å². The van der Waals surface area contributed by atoms with Crippen LogP contribution in [-0.4, -0.2) is 49.8 Å². The molecule has 2 heterocycles. The number of hydrogen-bond acceptors (Lipinski definition) is 3. The Kier molecular flexibility index (Phi) is 5.75. The van der Waals surface area contributed by atoms with Gasteiger partial charge in [0.05, 0.1) is 12.7 Å². The maximum Gasteiger partial charge on any atom is 0.0700 e. The summed E-state index contributed by atoms with van der Waals surface area (Å²) in [6.07, 6.45) is 8.52. The molecule has 0 aromatic carbocycles. The molecule has 0 aliphatic carbocycles. The van der Waals surface area contributed by atoms with Crippen molar-refractivity contribution in [3.8, 4) is 0 Å². The second-order valence-electron chi connectivity index (χ2n) is 5.49. The van der Waals surface area contributed by atoms with Crippen LogP contribution in [0.15, 0.2) is 0 Å². The van der Waals surface area contributed by atoms with Gasteiger partial charge in [-0.25, -0.2) is 0 Å². The molecular formula is C14H28N2O. The standard InChI is InChI=1S/C14H28N2O/c1-2-14-12-16(10-11-17-14)9-5-7-13-6-3-4-8-15-13/h13-15H,2-12H2,1H3. The molecule has 2 aliphatic rings. The first kappa shape index (κ1) is 13.3. The van der Waals surface area contributed by atoms with Gasteiger partial charge in [0.2, 0.25) is 0 Å². The third kappa shape index (κ3) is 4.57. The first-order valence-electron chi connectivity index (χ1n) is 7.46. The first-order chi connectivity index (χ1) is 8.38. The molecular weight excluding hydrogens is 212 g/mol. The van der Waals surface area contributed by atoms with Crippen molar-refractivity contribution in [2.24, 2.45) is 0 Å². The quantitative estimate of drug-likeness (QED) is 0.795. The van der Waals surface area contributed by atoms with Gasteiger partial charge in [0.25, 0.3) is 0 Å². The molecule has 2 aliphatic heterocycles. The summed E-state index contributed by atoms with van der Waals surface area (Å²) in [5, 5.41) is 3.63. The zero-order valence-electron chi connectivity index (χ0n) is 11.3. The highest BCUT2D eigenvalue weighted by Gasteiger charge is 2.19. The van der Waals surface area contributed by atoms with Gasteiger partial charge in [0, 0.05) is 19.1 Å². The van der Waals surface area contributed by atoms with Gasteiger partial charge in [-0.05, 0) is 45.2 Å². The average molecular weight is 240 g/mol. The molecule has 2 fully saturated rings. The molecule has 0 bridgehead atoms. The molecule has 0 radical (unpaired) electrons. The number of piperidine rings is 1. The van der Waals surface area contributed by atoms with Gasteiger partial charge in [0.15, 0.2) is 0 Å². The van der Waals surface area contributed by atoms with Crippen LogP contribution in [-0.2, 0) is 4.74 Å². The van der Waals surface area contributed by atoms with Crippen molar-refractivity contribution in [2.75, 3.05) is 32.8 Å². The summed E-state index contributed by atoms with van der Waals surface area (Å²) < 4.78 is 5.70. The fourth-order valence-electron chi connectivity index (χ4n) is 2.96. The van der Waals surface area contributed by atoms with Crippen molar-refractivity contribution < 1.29 is 4.74 Å². The zero-order chi connectivity index (χ0) is 11.9. The number of rotatable bonds is 5. The summed E-state index contributed by atoms with van der Waals surface area (Å²) in [6.45, 7) is 7.93. The van der Waals surface area contributed by atoms with Crippen LogP contribution in [0.2, 0.25) is 0 Å². The molecule has 0 aromatic rings. The van der Waals surface area contributed by atoms with Crippen molar-refractivity contribution in [2.45, 2.75) is 57.6 Å². The molecule has 2 rings (SSSR count). The Morgan fingerprint density at radius 1 is 1.35 bits per heavy atom. The van der Waals surface area contributed by atoms with Crippen LogP contribution < -0.4 is 5.32 Å². The Morgan fingerprint density at radius 2 is 2.29 bits per heavy atom. The van der Waals surface area contributed by atoms with E-state index in [-0.39, 0.29) is 0 Å². The third-order valence-electron chi connectivity index (χ3n) is 4.12. The lowest BCUT2D eigenvalue weighted by atomic mass is 10.0. The summed E-state index contributed by atoms with van der Waals surface area (Å²) in [4.78, 5) is 2.58. The topological polar surface area (TPSA) is 24.5 Å². The van der Waals surface area contributed by atoms with Crippen molar-refractivity contribution >= 4 is 0 Å². The summed E-state index contributed by atoms with van der Waals surface area (Å²) in [5.74, 6) is 0. The van der Waals surface area contributed by atoms with Gasteiger partial charge in [-0.3, -0.25) is 4.90 Å². The summed E-state index contributed by atoms with van der Waals surface area (Å²) in [6, 6.07) is 0.798.